The van der Waals surface area contributed by atoms with E-state index in [0.29, 0.717) is 0 Å². The monoisotopic (exact) mass is 673 g/mol. The summed E-state index contributed by atoms with van der Waals surface area (Å²) in [5.41, 5.74) is 18.1. The van der Waals surface area contributed by atoms with Gasteiger partial charge in [0, 0.05) is 22.4 Å². The Morgan fingerprint density at radius 3 is 1.87 bits per heavy atom. The molecule has 0 spiro atoms. The van der Waals surface area contributed by atoms with E-state index in [0.717, 1.165) is 11.6 Å². The number of hydrogen-bond acceptors (Lipinski definition) is 1. The summed E-state index contributed by atoms with van der Waals surface area (Å²) >= 11 is 0. The van der Waals surface area contributed by atoms with Crippen LogP contribution in [0, 0.1) is 13.8 Å². The largest absolute Gasteiger partial charge is 0.310 e. The molecule has 0 bridgehead atoms. The summed E-state index contributed by atoms with van der Waals surface area (Å²) in [7, 11) is 0. The lowest BCUT2D eigenvalue weighted by atomic mass is 9.82. The highest BCUT2D eigenvalue weighted by atomic mass is 15.1. The quantitative estimate of drug-likeness (QED) is 0.170. The lowest BCUT2D eigenvalue weighted by Crippen LogP contribution is -2.17. The van der Waals surface area contributed by atoms with Crippen molar-refractivity contribution >= 4 is 27.8 Å². The molecule has 1 fully saturated rings. The first-order chi connectivity index (χ1) is 25.4. The zero-order valence-corrected chi connectivity index (χ0v) is 30.9. The van der Waals surface area contributed by atoms with Crippen LogP contribution < -0.4 is 4.90 Å². The van der Waals surface area contributed by atoms with E-state index in [1.807, 2.05) is 0 Å². The fourth-order valence-corrected chi connectivity index (χ4v) is 9.22. The summed E-state index contributed by atoms with van der Waals surface area (Å²) in [6, 6.07) is 55.0. The second kappa shape index (κ2) is 13.0. The molecule has 7 aromatic carbocycles. The molecule has 1 nitrogen and oxygen atoms in total. The Hall–Kier alpha value is -5.40. The molecular weight excluding hydrogens is 627 g/mol. The second-order valence-electron chi connectivity index (χ2n) is 15.7. The number of benzene rings is 7. The Kier molecular flexibility index (Phi) is 8.11. The Labute approximate surface area is 309 Å². The van der Waals surface area contributed by atoms with Crippen LogP contribution in [0.5, 0.6) is 0 Å². The van der Waals surface area contributed by atoms with Crippen LogP contribution >= 0.6 is 0 Å². The summed E-state index contributed by atoms with van der Waals surface area (Å²) in [6.07, 6.45) is 6.77. The SMILES string of the molecule is Cc1ccccc1-c1cc2ccccc2cc1N(c1ccc(-c2ccc(C3CCCCC3)cc2)cc1)c1ccc2c(c1)C(C)(C)c1cccc(C)c1-2. The van der Waals surface area contributed by atoms with Gasteiger partial charge >= 0.3 is 0 Å². The zero-order valence-electron chi connectivity index (χ0n) is 30.9. The highest BCUT2D eigenvalue weighted by molar-refractivity contribution is 5.99. The van der Waals surface area contributed by atoms with E-state index in [1.54, 1.807) is 0 Å². The van der Waals surface area contributed by atoms with Crippen LogP contribution in [-0.2, 0) is 5.41 Å². The van der Waals surface area contributed by atoms with Crippen LogP contribution in [0.1, 0.15) is 79.7 Å². The topological polar surface area (TPSA) is 3.24 Å². The van der Waals surface area contributed by atoms with Crippen molar-refractivity contribution in [1.82, 2.24) is 0 Å². The minimum Gasteiger partial charge on any atom is -0.310 e. The average molecular weight is 674 g/mol. The van der Waals surface area contributed by atoms with Crippen LogP contribution in [0.3, 0.4) is 0 Å². The molecule has 0 aromatic heterocycles. The number of aryl methyl sites for hydroxylation is 2. The molecule has 0 aliphatic heterocycles. The Balaban J connectivity index is 1.21. The van der Waals surface area contributed by atoms with Crippen molar-refractivity contribution in [2.24, 2.45) is 0 Å². The van der Waals surface area contributed by atoms with Gasteiger partial charge in [-0.25, -0.2) is 0 Å². The van der Waals surface area contributed by atoms with E-state index in [9.17, 15) is 0 Å². The van der Waals surface area contributed by atoms with E-state index >= 15 is 0 Å². The van der Waals surface area contributed by atoms with Gasteiger partial charge in [0.1, 0.15) is 0 Å². The van der Waals surface area contributed by atoms with Crippen molar-refractivity contribution in [2.45, 2.75) is 71.1 Å². The molecule has 0 radical (unpaired) electrons. The van der Waals surface area contributed by atoms with Crippen LogP contribution in [0.4, 0.5) is 17.1 Å². The van der Waals surface area contributed by atoms with Crippen molar-refractivity contribution in [3.8, 4) is 33.4 Å². The molecule has 256 valence electrons. The van der Waals surface area contributed by atoms with Gasteiger partial charge in [0.05, 0.1) is 5.69 Å². The van der Waals surface area contributed by atoms with E-state index in [2.05, 4.69) is 178 Å². The Bertz CT molecular complexity index is 2420. The number of nitrogens with zero attached hydrogens (tertiary/aromatic N) is 1. The van der Waals surface area contributed by atoms with Gasteiger partial charge in [0.25, 0.3) is 0 Å². The van der Waals surface area contributed by atoms with Gasteiger partial charge in [-0.3, -0.25) is 0 Å². The third kappa shape index (κ3) is 5.55. The van der Waals surface area contributed by atoms with E-state index < -0.39 is 0 Å². The molecule has 2 aliphatic rings. The van der Waals surface area contributed by atoms with Gasteiger partial charge in [-0.05, 0) is 135 Å². The maximum atomic E-state index is 2.50. The number of rotatable bonds is 6. The maximum absolute atomic E-state index is 2.50. The Morgan fingerprint density at radius 1 is 0.500 bits per heavy atom. The second-order valence-corrected chi connectivity index (χ2v) is 15.7. The predicted molar refractivity (Wildman–Crippen MR) is 222 cm³/mol. The Morgan fingerprint density at radius 2 is 1.13 bits per heavy atom. The zero-order chi connectivity index (χ0) is 35.4. The van der Waals surface area contributed by atoms with E-state index in [1.165, 1.54) is 115 Å². The van der Waals surface area contributed by atoms with Crippen molar-refractivity contribution in [2.75, 3.05) is 4.90 Å². The van der Waals surface area contributed by atoms with Gasteiger partial charge in [-0.15, -0.1) is 0 Å². The maximum Gasteiger partial charge on any atom is 0.0546 e. The van der Waals surface area contributed by atoms with Crippen LogP contribution in [0.25, 0.3) is 44.2 Å². The number of anilines is 3. The molecule has 2 aliphatic carbocycles. The van der Waals surface area contributed by atoms with Crippen molar-refractivity contribution in [3.05, 3.63) is 173 Å². The van der Waals surface area contributed by atoms with E-state index in [4.69, 9.17) is 0 Å². The third-order valence-corrected chi connectivity index (χ3v) is 12.1. The van der Waals surface area contributed by atoms with Crippen molar-refractivity contribution in [3.63, 3.8) is 0 Å². The van der Waals surface area contributed by atoms with Gasteiger partial charge < -0.3 is 4.90 Å². The summed E-state index contributed by atoms with van der Waals surface area (Å²) in [6.45, 7) is 9.24. The first-order valence-electron chi connectivity index (χ1n) is 19.2. The lowest BCUT2D eigenvalue weighted by Gasteiger charge is -2.30. The summed E-state index contributed by atoms with van der Waals surface area (Å²) in [5, 5.41) is 2.48. The molecule has 1 heteroatoms. The molecule has 52 heavy (non-hydrogen) atoms. The number of hydrogen-bond donors (Lipinski definition) is 0. The fraction of sp³-hybridized carbons (Fsp3) is 0.216. The molecule has 9 rings (SSSR count). The van der Waals surface area contributed by atoms with Crippen LogP contribution in [0.15, 0.2) is 146 Å². The summed E-state index contributed by atoms with van der Waals surface area (Å²) < 4.78 is 0. The molecule has 0 unspecified atom stereocenters. The molecular formula is C51H47N. The molecule has 7 aromatic rings. The van der Waals surface area contributed by atoms with Crippen molar-refractivity contribution < 1.29 is 0 Å². The van der Waals surface area contributed by atoms with E-state index in [-0.39, 0.29) is 5.41 Å². The lowest BCUT2D eigenvalue weighted by molar-refractivity contribution is 0.443. The number of fused-ring (bicyclic) bond motifs is 4. The van der Waals surface area contributed by atoms with Gasteiger partial charge in [0.15, 0.2) is 0 Å². The fourth-order valence-electron chi connectivity index (χ4n) is 9.22. The first kappa shape index (κ1) is 32.5. The smallest absolute Gasteiger partial charge is 0.0546 e. The van der Waals surface area contributed by atoms with Crippen LogP contribution in [0.2, 0.25) is 0 Å². The third-order valence-electron chi connectivity index (χ3n) is 12.1. The molecule has 0 amide bonds. The highest BCUT2D eigenvalue weighted by Crippen LogP contribution is 2.52. The summed E-state index contributed by atoms with van der Waals surface area (Å²) in [4.78, 5) is 2.50. The standard InChI is InChI=1S/C51H47N/c1-34-13-8-11-19-44(34)46-31-40-17-9-10-18-41(40)32-49(46)52(43-29-30-45-48(33-43)51(3,4)47-20-12-14-35(2)50(45)47)42-27-25-39(26-28-42)38-23-21-37(22-24-38)36-15-6-5-7-16-36/h8-14,17-33,36H,5-7,15-16H2,1-4H3. The normalized spacial score (nSPS) is 15.0. The highest BCUT2D eigenvalue weighted by Gasteiger charge is 2.37. The minimum absolute atomic E-state index is 0.103. The minimum atomic E-state index is -0.103. The van der Waals surface area contributed by atoms with Crippen molar-refractivity contribution in [1.29, 1.82) is 0 Å². The molecule has 0 N–H and O–H groups in total. The molecule has 1 saturated carbocycles. The van der Waals surface area contributed by atoms with Crippen LogP contribution in [-0.4, -0.2) is 0 Å². The van der Waals surface area contributed by atoms with Gasteiger partial charge in [-0.2, -0.15) is 0 Å². The predicted octanol–water partition coefficient (Wildman–Crippen LogP) is 14.6. The summed E-state index contributed by atoms with van der Waals surface area (Å²) in [5.74, 6) is 0.720. The average Bonchev–Trinajstić information content (AvgIpc) is 3.42. The molecule has 0 saturated heterocycles. The van der Waals surface area contributed by atoms with Gasteiger partial charge in [-0.1, -0.05) is 142 Å². The van der Waals surface area contributed by atoms with Gasteiger partial charge in [0.2, 0.25) is 0 Å². The molecule has 0 atom stereocenters. The molecule has 0 heterocycles. The first-order valence-corrected chi connectivity index (χ1v) is 19.2.